The Hall–Kier alpha value is -0.860. The van der Waals surface area contributed by atoms with E-state index in [1.807, 2.05) is 6.07 Å². The minimum Gasteiger partial charge on any atom is -0.224 e. The maximum absolute atomic E-state index is 11.9. The molecule has 16 heavy (non-hydrogen) atoms. The zero-order valence-corrected chi connectivity index (χ0v) is 11.1. The van der Waals surface area contributed by atoms with Gasteiger partial charge in [0.25, 0.3) is 0 Å². The first-order valence-electron chi connectivity index (χ1n) is 4.92. The Labute approximate surface area is 104 Å². The predicted octanol–water partition coefficient (Wildman–Crippen LogP) is 2.92. The number of hydrogen-bond donors (Lipinski definition) is 0. The number of nitriles is 1. The number of sulfone groups is 1. The lowest BCUT2D eigenvalue weighted by molar-refractivity contribution is 0.591. The molecule has 0 N–H and O–H groups in total. The van der Waals surface area contributed by atoms with Crippen LogP contribution in [-0.2, 0) is 9.84 Å². The highest BCUT2D eigenvalue weighted by molar-refractivity contribution is 9.10. The van der Waals surface area contributed by atoms with Crippen LogP contribution in [0, 0.1) is 11.3 Å². The average Bonchev–Trinajstić information content (AvgIpc) is 2.25. The van der Waals surface area contributed by atoms with Crippen molar-refractivity contribution in [1.29, 1.82) is 5.26 Å². The fraction of sp³-hybridized carbons (Fsp3) is 0.364. The molecule has 0 saturated heterocycles. The molecule has 0 unspecified atom stereocenters. The molecule has 1 rings (SSSR count). The second kappa shape index (κ2) is 6.02. The van der Waals surface area contributed by atoms with Gasteiger partial charge in [0, 0.05) is 10.9 Å². The Morgan fingerprint density at radius 2 is 1.94 bits per heavy atom. The van der Waals surface area contributed by atoms with Crippen LogP contribution in [0.25, 0.3) is 0 Å². The Kier molecular flexibility index (Phi) is 4.97. The lowest BCUT2D eigenvalue weighted by Crippen LogP contribution is -2.07. The second-order valence-corrected chi connectivity index (χ2v) is 6.30. The van der Waals surface area contributed by atoms with Crippen molar-refractivity contribution in [2.24, 2.45) is 0 Å². The van der Waals surface area contributed by atoms with Gasteiger partial charge in [-0.05, 0) is 40.9 Å². The van der Waals surface area contributed by atoms with Gasteiger partial charge in [-0.3, -0.25) is 0 Å². The molecule has 1 aromatic carbocycles. The molecule has 5 heteroatoms. The zero-order valence-electron chi connectivity index (χ0n) is 8.69. The first-order valence-corrected chi connectivity index (χ1v) is 7.36. The summed E-state index contributed by atoms with van der Waals surface area (Å²) < 4.78 is 24.4. The van der Waals surface area contributed by atoms with Crippen molar-refractivity contribution in [1.82, 2.24) is 0 Å². The first kappa shape index (κ1) is 13.2. The van der Waals surface area contributed by atoms with Gasteiger partial charge in [-0.2, -0.15) is 5.26 Å². The van der Waals surface area contributed by atoms with E-state index in [1.54, 1.807) is 24.3 Å². The smallest absolute Gasteiger partial charge is 0.179 e. The van der Waals surface area contributed by atoms with Crippen LogP contribution in [0.5, 0.6) is 0 Å². The van der Waals surface area contributed by atoms with E-state index in [4.69, 9.17) is 5.26 Å². The molecule has 0 aromatic heterocycles. The maximum Gasteiger partial charge on any atom is 0.179 e. The minimum absolute atomic E-state index is 0.0945. The van der Waals surface area contributed by atoms with Crippen LogP contribution >= 0.6 is 15.9 Å². The SMILES string of the molecule is N#CCCCCS(=O)(=O)c1ccccc1Br. The molecule has 1 aromatic rings. The second-order valence-electron chi connectivity index (χ2n) is 3.36. The van der Waals surface area contributed by atoms with Crippen LogP contribution in [-0.4, -0.2) is 14.2 Å². The molecule has 0 fully saturated rings. The van der Waals surface area contributed by atoms with Gasteiger partial charge in [-0.1, -0.05) is 12.1 Å². The standard InChI is InChI=1S/C11H12BrNO2S/c12-10-6-2-3-7-11(10)16(14,15)9-5-1-4-8-13/h2-3,6-7H,1,4-5,9H2. The Bertz CT molecular complexity index is 491. The van der Waals surface area contributed by atoms with Crippen LogP contribution < -0.4 is 0 Å². The summed E-state index contributed by atoms with van der Waals surface area (Å²) in [5.74, 6) is 0.0945. The van der Waals surface area contributed by atoms with Crippen LogP contribution in [0.2, 0.25) is 0 Å². The third kappa shape index (κ3) is 3.62. The fourth-order valence-corrected chi connectivity index (χ4v) is 3.78. The van der Waals surface area contributed by atoms with E-state index in [1.165, 1.54) is 0 Å². The van der Waals surface area contributed by atoms with Gasteiger partial charge in [0.05, 0.1) is 16.7 Å². The molecule has 0 heterocycles. The number of halogens is 1. The van der Waals surface area contributed by atoms with Crippen LogP contribution in [0.4, 0.5) is 0 Å². The number of hydrogen-bond acceptors (Lipinski definition) is 3. The first-order chi connectivity index (χ1) is 7.58. The minimum atomic E-state index is -3.23. The Morgan fingerprint density at radius 1 is 1.25 bits per heavy atom. The Morgan fingerprint density at radius 3 is 2.56 bits per heavy atom. The van der Waals surface area contributed by atoms with Gasteiger partial charge in [0.2, 0.25) is 0 Å². The average molecular weight is 302 g/mol. The summed E-state index contributed by atoms with van der Waals surface area (Å²) in [6, 6.07) is 8.78. The van der Waals surface area contributed by atoms with Crippen LogP contribution in [0.15, 0.2) is 33.6 Å². The van der Waals surface area contributed by atoms with E-state index in [-0.39, 0.29) is 5.75 Å². The molecule has 0 atom stereocenters. The molecular weight excluding hydrogens is 290 g/mol. The Balaban J connectivity index is 2.72. The summed E-state index contributed by atoms with van der Waals surface area (Å²) in [6.07, 6.45) is 1.56. The topological polar surface area (TPSA) is 57.9 Å². The van der Waals surface area contributed by atoms with Crippen molar-refractivity contribution in [2.75, 3.05) is 5.75 Å². The molecule has 0 bridgehead atoms. The number of unbranched alkanes of at least 4 members (excludes halogenated alkanes) is 2. The monoisotopic (exact) mass is 301 g/mol. The maximum atomic E-state index is 11.9. The molecule has 0 radical (unpaired) electrons. The quantitative estimate of drug-likeness (QED) is 0.786. The largest absolute Gasteiger partial charge is 0.224 e. The van der Waals surface area contributed by atoms with Gasteiger partial charge in [-0.15, -0.1) is 0 Å². The van der Waals surface area contributed by atoms with E-state index < -0.39 is 9.84 Å². The normalized spacial score (nSPS) is 11.0. The van der Waals surface area contributed by atoms with Crippen molar-refractivity contribution in [3.05, 3.63) is 28.7 Å². The van der Waals surface area contributed by atoms with E-state index in [2.05, 4.69) is 15.9 Å². The molecule has 0 aliphatic rings. The summed E-state index contributed by atoms with van der Waals surface area (Å²) in [5, 5.41) is 8.35. The van der Waals surface area contributed by atoms with Crippen LogP contribution in [0.1, 0.15) is 19.3 Å². The molecule has 0 aliphatic heterocycles. The van der Waals surface area contributed by atoms with E-state index in [0.29, 0.717) is 28.6 Å². The van der Waals surface area contributed by atoms with Gasteiger partial charge < -0.3 is 0 Å². The zero-order chi connectivity index (χ0) is 12.0. The van der Waals surface area contributed by atoms with E-state index in [9.17, 15) is 8.42 Å². The lowest BCUT2D eigenvalue weighted by Gasteiger charge is -2.05. The number of nitrogens with zero attached hydrogens (tertiary/aromatic N) is 1. The third-order valence-corrected chi connectivity index (χ3v) is 4.93. The molecule has 3 nitrogen and oxygen atoms in total. The van der Waals surface area contributed by atoms with Crippen molar-refractivity contribution in [3.63, 3.8) is 0 Å². The summed E-state index contributed by atoms with van der Waals surface area (Å²) in [7, 11) is -3.23. The van der Waals surface area contributed by atoms with E-state index in [0.717, 1.165) is 0 Å². The molecule has 0 saturated carbocycles. The fourth-order valence-electron chi connectivity index (χ4n) is 1.30. The highest BCUT2D eigenvalue weighted by atomic mass is 79.9. The lowest BCUT2D eigenvalue weighted by atomic mass is 10.3. The highest BCUT2D eigenvalue weighted by Gasteiger charge is 2.16. The van der Waals surface area contributed by atoms with Gasteiger partial charge in [0.15, 0.2) is 9.84 Å². The predicted molar refractivity (Wildman–Crippen MR) is 65.7 cm³/mol. The summed E-state index contributed by atoms with van der Waals surface area (Å²) in [4.78, 5) is 0.326. The van der Waals surface area contributed by atoms with Crippen molar-refractivity contribution < 1.29 is 8.42 Å². The summed E-state index contributed by atoms with van der Waals surface area (Å²) in [6.45, 7) is 0. The van der Waals surface area contributed by atoms with Gasteiger partial charge >= 0.3 is 0 Å². The molecular formula is C11H12BrNO2S. The van der Waals surface area contributed by atoms with Gasteiger partial charge in [0.1, 0.15) is 0 Å². The van der Waals surface area contributed by atoms with Crippen molar-refractivity contribution in [2.45, 2.75) is 24.2 Å². The molecule has 0 aliphatic carbocycles. The molecule has 0 amide bonds. The number of rotatable bonds is 5. The number of benzene rings is 1. The van der Waals surface area contributed by atoms with Crippen LogP contribution in [0.3, 0.4) is 0 Å². The third-order valence-electron chi connectivity index (χ3n) is 2.12. The molecule has 0 spiro atoms. The van der Waals surface area contributed by atoms with E-state index >= 15 is 0 Å². The van der Waals surface area contributed by atoms with Crippen molar-refractivity contribution >= 4 is 25.8 Å². The summed E-state index contributed by atoms with van der Waals surface area (Å²) in [5.41, 5.74) is 0. The molecule has 86 valence electrons. The van der Waals surface area contributed by atoms with Gasteiger partial charge in [-0.25, -0.2) is 8.42 Å². The highest BCUT2D eigenvalue weighted by Crippen LogP contribution is 2.23. The summed E-state index contributed by atoms with van der Waals surface area (Å²) >= 11 is 3.22. The van der Waals surface area contributed by atoms with Crippen molar-refractivity contribution in [3.8, 4) is 6.07 Å².